The van der Waals surface area contributed by atoms with Gasteiger partial charge in [0.25, 0.3) is 0 Å². The number of likely N-dealkylation sites (N-methyl/N-ethyl adjacent to an activating group) is 1. The fourth-order valence-electron chi connectivity index (χ4n) is 1.59. The van der Waals surface area contributed by atoms with Crippen molar-refractivity contribution < 1.29 is 27.8 Å². The Labute approximate surface area is 96.5 Å². The number of aliphatic hydroxyl groups excluding tert-OH is 1. The Morgan fingerprint density at radius 3 is 2.65 bits per heavy atom. The Kier molecular flexibility index (Phi) is 4.72. The van der Waals surface area contributed by atoms with E-state index in [4.69, 9.17) is 0 Å². The lowest BCUT2D eigenvalue weighted by Crippen LogP contribution is -2.45. The molecule has 0 saturated carbocycles. The maximum atomic E-state index is 11.8. The van der Waals surface area contributed by atoms with E-state index >= 15 is 0 Å². The summed E-state index contributed by atoms with van der Waals surface area (Å²) < 4.78 is 39.6. The minimum atomic E-state index is -4.44. The molecule has 1 rings (SSSR count). The van der Waals surface area contributed by atoms with Crippen molar-refractivity contribution in [2.24, 2.45) is 0 Å². The van der Waals surface area contributed by atoms with Crippen LogP contribution >= 0.6 is 0 Å². The zero-order chi connectivity index (χ0) is 13.1. The Hall–Kier alpha value is -0.860. The van der Waals surface area contributed by atoms with E-state index in [-0.39, 0.29) is 0 Å². The number of hydrogen-bond donors (Lipinski definition) is 2. The van der Waals surface area contributed by atoms with E-state index in [1.165, 1.54) is 11.9 Å². The molecule has 1 saturated heterocycles. The molecule has 0 aromatic heterocycles. The number of nitrogens with zero attached hydrogens (tertiary/aromatic N) is 1. The first-order valence-corrected chi connectivity index (χ1v) is 5.10. The number of β-amino-alcohol motifs (C(OH)–C–C–N with tert-alkyl or cyclic N) is 1. The summed E-state index contributed by atoms with van der Waals surface area (Å²) in [6, 6.07) is -0.419. The van der Waals surface area contributed by atoms with Crippen molar-refractivity contribution in [2.45, 2.75) is 18.3 Å². The molecule has 0 radical (unpaired) electrons. The fraction of sp³-hybridized carbons (Fsp3) is 0.889. The van der Waals surface area contributed by atoms with Gasteiger partial charge in [0, 0.05) is 20.1 Å². The number of ether oxygens (including phenoxy) is 1. The highest BCUT2D eigenvalue weighted by atomic mass is 19.4. The van der Waals surface area contributed by atoms with Crippen molar-refractivity contribution in [1.82, 2.24) is 10.2 Å². The van der Waals surface area contributed by atoms with Gasteiger partial charge >= 0.3 is 6.18 Å². The number of aliphatic hydroxyl groups is 1. The predicted octanol–water partition coefficient (Wildman–Crippen LogP) is -0.644. The van der Waals surface area contributed by atoms with Gasteiger partial charge in [0.05, 0.1) is 12.1 Å². The highest BCUT2D eigenvalue weighted by Crippen LogP contribution is 2.14. The summed E-state index contributed by atoms with van der Waals surface area (Å²) in [6.45, 7) is -1.30. The van der Waals surface area contributed by atoms with Crippen LogP contribution in [0.4, 0.5) is 13.2 Å². The number of carbonyl (C=O) groups is 1. The number of nitrogens with one attached hydrogen (secondary N) is 1. The average Bonchev–Trinajstić information content (AvgIpc) is 2.61. The molecule has 1 aliphatic heterocycles. The molecule has 0 aromatic carbocycles. The van der Waals surface area contributed by atoms with Gasteiger partial charge in [-0.25, -0.2) is 0 Å². The molecule has 0 bridgehead atoms. The van der Waals surface area contributed by atoms with E-state index in [0.29, 0.717) is 13.1 Å². The van der Waals surface area contributed by atoms with Crippen LogP contribution in [0.15, 0.2) is 0 Å². The van der Waals surface area contributed by atoms with E-state index in [9.17, 15) is 23.1 Å². The van der Waals surface area contributed by atoms with Crippen molar-refractivity contribution in [3.63, 3.8) is 0 Å². The predicted molar refractivity (Wildman–Crippen MR) is 52.3 cm³/mol. The zero-order valence-electron chi connectivity index (χ0n) is 9.33. The molecule has 17 heavy (non-hydrogen) atoms. The Balaban J connectivity index is 2.32. The number of hydrogen-bond acceptors (Lipinski definition) is 4. The summed E-state index contributed by atoms with van der Waals surface area (Å²) >= 11 is 0. The van der Waals surface area contributed by atoms with Crippen LogP contribution in [-0.2, 0) is 9.53 Å². The third-order valence-electron chi connectivity index (χ3n) is 2.53. The van der Waals surface area contributed by atoms with Crippen molar-refractivity contribution in [3.8, 4) is 0 Å². The first-order chi connectivity index (χ1) is 7.81. The van der Waals surface area contributed by atoms with Gasteiger partial charge in [-0.05, 0) is 0 Å². The van der Waals surface area contributed by atoms with Crippen molar-refractivity contribution in [2.75, 3.05) is 33.4 Å². The quantitative estimate of drug-likeness (QED) is 0.702. The van der Waals surface area contributed by atoms with Gasteiger partial charge < -0.3 is 20.1 Å². The van der Waals surface area contributed by atoms with Crippen LogP contribution < -0.4 is 5.32 Å². The maximum Gasteiger partial charge on any atom is 0.411 e. The number of halogens is 3. The first-order valence-electron chi connectivity index (χ1n) is 5.10. The summed E-state index contributed by atoms with van der Waals surface area (Å²) in [5.74, 6) is -0.581. The van der Waals surface area contributed by atoms with Crippen LogP contribution in [0.3, 0.4) is 0 Å². The molecule has 1 aliphatic rings. The second kappa shape index (κ2) is 5.65. The summed E-state index contributed by atoms with van der Waals surface area (Å²) in [7, 11) is 1.43. The molecular weight excluding hydrogens is 241 g/mol. The van der Waals surface area contributed by atoms with Crippen LogP contribution in [0.5, 0.6) is 0 Å². The van der Waals surface area contributed by atoms with E-state index < -0.39 is 37.4 Å². The molecule has 8 heteroatoms. The monoisotopic (exact) mass is 256 g/mol. The molecule has 0 spiro atoms. The molecule has 2 atom stereocenters. The molecule has 100 valence electrons. The lowest BCUT2D eigenvalue weighted by atomic mass is 10.2. The number of alkyl halides is 3. The molecule has 0 unspecified atom stereocenters. The van der Waals surface area contributed by atoms with Gasteiger partial charge in [0.15, 0.2) is 0 Å². The molecule has 1 fully saturated rings. The number of carbonyl (C=O) groups excluding carboxylic acids is 1. The smallest absolute Gasteiger partial charge is 0.390 e. The molecule has 2 N–H and O–H groups in total. The molecule has 1 heterocycles. The van der Waals surface area contributed by atoms with E-state index in [0.717, 1.165) is 0 Å². The van der Waals surface area contributed by atoms with Crippen molar-refractivity contribution >= 4 is 5.91 Å². The average molecular weight is 256 g/mol. The van der Waals surface area contributed by atoms with Gasteiger partial charge in [0.2, 0.25) is 5.91 Å². The van der Waals surface area contributed by atoms with Crippen LogP contribution in [-0.4, -0.2) is 67.6 Å². The van der Waals surface area contributed by atoms with Crippen LogP contribution in [0.1, 0.15) is 0 Å². The summed E-state index contributed by atoms with van der Waals surface area (Å²) in [5.41, 5.74) is 0. The highest BCUT2D eigenvalue weighted by molar-refractivity contribution is 5.77. The van der Waals surface area contributed by atoms with Gasteiger partial charge in [0.1, 0.15) is 13.2 Å². The topological polar surface area (TPSA) is 61.8 Å². The second-order valence-electron chi connectivity index (χ2n) is 3.91. The second-order valence-corrected chi connectivity index (χ2v) is 3.91. The molecule has 1 amide bonds. The van der Waals surface area contributed by atoms with Gasteiger partial charge in [-0.3, -0.25) is 4.79 Å². The highest BCUT2D eigenvalue weighted by Gasteiger charge is 2.32. The van der Waals surface area contributed by atoms with Crippen molar-refractivity contribution in [3.05, 3.63) is 0 Å². The molecule has 5 nitrogen and oxygen atoms in total. The van der Waals surface area contributed by atoms with Crippen LogP contribution in [0, 0.1) is 0 Å². The largest absolute Gasteiger partial charge is 0.411 e. The summed E-state index contributed by atoms with van der Waals surface area (Å²) in [5, 5.41) is 12.4. The molecule has 0 aliphatic carbocycles. The Morgan fingerprint density at radius 1 is 1.53 bits per heavy atom. The molecular formula is C9H15F3N2O3. The maximum absolute atomic E-state index is 11.8. The van der Waals surface area contributed by atoms with E-state index in [1.807, 2.05) is 0 Å². The third kappa shape index (κ3) is 4.49. The van der Waals surface area contributed by atoms with Crippen LogP contribution in [0.2, 0.25) is 0 Å². The first kappa shape index (κ1) is 14.2. The van der Waals surface area contributed by atoms with E-state index in [2.05, 4.69) is 10.1 Å². The lowest BCUT2D eigenvalue weighted by molar-refractivity contribution is -0.178. The zero-order valence-corrected chi connectivity index (χ0v) is 9.33. The Bertz CT molecular complexity index is 273. The van der Waals surface area contributed by atoms with Gasteiger partial charge in [-0.1, -0.05) is 0 Å². The molecule has 0 aromatic rings. The standard InChI is InChI=1S/C9H15F3N2O3/c1-14(6-2-13-3-7(6)15)8(16)4-17-5-9(10,11)12/h6-7,13,15H,2-5H2,1H3/t6-,7-/m1/s1. The number of amides is 1. The minimum absolute atomic E-state index is 0.367. The van der Waals surface area contributed by atoms with Gasteiger partial charge in [-0.2, -0.15) is 13.2 Å². The summed E-state index contributed by atoms with van der Waals surface area (Å²) in [4.78, 5) is 12.7. The SMILES string of the molecule is CN(C(=O)COCC(F)(F)F)[C@@H]1CNC[C@H]1O. The summed E-state index contributed by atoms with van der Waals surface area (Å²) in [6.07, 6.45) is -5.14. The third-order valence-corrected chi connectivity index (χ3v) is 2.53. The fourth-order valence-corrected chi connectivity index (χ4v) is 1.59. The Morgan fingerprint density at radius 2 is 2.18 bits per heavy atom. The number of rotatable bonds is 4. The lowest BCUT2D eigenvalue weighted by Gasteiger charge is -2.26. The van der Waals surface area contributed by atoms with Gasteiger partial charge in [-0.15, -0.1) is 0 Å². The normalized spacial score (nSPS) is 25.0. The van der Waals surface area contributed by atoms with Crippen LogP contribution in [0.25, 0.3) is 0 Å². The van der Waals surface area contributed by atoms with E-state index in [1.54, 1.807) is 0 Å². The minimum Gasteiger partial charge on any atom is -0.390 e. The van der Waals surface area contributed by atoms with Crippen molar-refractivity contribution in [1.29, 1.82) is 0 Å².